The molecule has 2 nitrogen and oxygen atoms in total. The van der Waals surface area contributed by atoms with Gasteiger partial charge in [0.2, 0.25) is 0 Å². The summed E-state index contributed by atoms with van der Waals surface area (Å²) >= 11 is 0. The summed E-state index contributed by atoms with van der Waals surface area (Å²) in [6.45, 7) is 0.626. The predicted molar refractivity (Wildman–Crippen MR) is 66.8 cm³/mol. The Morgan fingerprint density at radius 3 is 2.14 bits per heavy atom. The topological polar surface area (TPSA) is 15.3 Å². The van der Waals surface area contributed by atoms with Gasteiger partial charge in [-0.05, 0) is 6.07 Å². The van der Waals surface area contributed by atoms with E-state index in [9.17, 15) is 26.3 Å². The highest BCUT2D eigenvalue weighted by molar-refractivity contribution is 5.85. The van der Waals surface area contributed by atoms with Crippen molar-refractivity contribution in [3.05, 3.63) is 35.1 Å². The van der Waals surface area contributed by atoms with Crippen LogP contribution in [0.25, 0.3) is 0 Å². The number of hydrogen-bond acceptors (Lipinski definition) is 2. The molecule has 21 heavy (non-hydrogen) atoms. The number of piperazine rings is 1. The maximum atomic E-state index is 13.6. The summed E-state index contributed by atoms with van der Waals surface area (Å²) in [5.41, 5.74) is -1.02. The largest absolute Gasteiger partial charge is 0.408 e. The van der Waals surface area contributed by atoms with Crippen molar-refractivity contribution in [2.75, 3.05) is 26.2 Å². The van der Waals surface area contributed by atoms with Gasteiger partial charge >= 0.3 is 6.18 Å². The predicted octanol–water partition coefficient (Wildman–Crippen LogP) is 3.03. The smallest absolute Gasteiger partial charge is 0.314 e. The average molecular weight is 335 g/mol. The highest BCUT2D eigenvalue weighted by Gasteiger charge is 2.46. The maximum Gasteiger partial charge on any atom is 0.408 e. The molecule has 1 N–H and O–H groups in total. The molecule has 1 aliphatic heterocycles. The monoisotopic (exact) mass is 334 g/mol. The summed E-state index contributed by atoms with van der Waals surface area (Å²) in [5.74, 6) is -4.51. The van der Waals surface area contributed by atoms with Crippen LogP contribution in [0.1, 0.15) is 11.6 Å². The van der Waals surface area contributed by atoms with Crippen LogP contribution < -0.4 is 5.32 Å². The molecule has 0 radical (unpaired) electrons. The molecule has 0 saturated carbocycles. The molecule has 1 atom stereocenters. The van der Waals surface area contributed by atoms with Crippen molar-refractivity contribution in [2.45, 2.75) is 12.2 Å². The average Bonchev–Trinajstić information content (AvgIpc) is 2.35. The van der Waals surface area contributed by atoms with E-state index >= 15 is 0 Å². The van der Waals surface area contributed by atoms with E-state index in [1.807, 2.05) is 0 Å². The molecule has 1 aliphatic rings. The minimum Gasteiger partial charge on any atom is -0.314 e. The summed E-state index contributed by atoms with van der Waals surface area (Å²) in [6, 6.07) is -1.72. The van der Waals surface area contributed by atoms with Crippen LogP contribution in [0.5, 0.6) is 0 Å². The summed E-state index contributed by atoms with van der Waals surface area (Å²) in [4.78, 5) is 0.966. The highest BCUT2D eigenvalue weighted by Crippen LogP contribution is 2.39. The zero-order valence-corrected chi connectivity index (χ0v) is 11.5. The Balaban J connectivity index is 0.00000220. The minimum atomic E-state index is -4.82. The highest BCUT2D eigenvalue weighted by atomic mass is 35.5. The second kappa shape index (κ2) is 6.85. The Hall–Kier alpha value is -0.990. The van der Waals surface area contributed by atoms with Crippen molar-refractivity contribution in [3.8, 4) is 0 Å². The van der Waals surface area contributed by atoms with E-state index in [1.165, 1.54) is 0 Å². The zero-order valence-electron chi connectivity index (χ0n) is 10.7. The SMILES string of the molecule is Cl.Fc1cc(F)c(F)c([C@H](N2CCNCC2)C(F)(F)F)c1. The molecule has 120 valence electrons. The van der Waals surface area contributed by atoms with E-state index in [2.05, 4.69) is 5.32 Å². The van der Waals surface area contributed by atoms with Crippen molar-refractivity contribution in [3.63, 3.8) is 0 Å². The standard InChI is InChI=1S/C12H12F6N2.ClH/c13-7-5-8(10(15)9(14)6-7)11(12(16,17)18)20-3-1-19-2-4-20;/h5-6,11,19H,1-4H2;1H/t11-;/m0./s1. The lowest BCUT2D eigenvalue weighted by Gasteiger charge is -2.36. The minimum absolute atomic E-state index is 0. The molecule has 0 unspecified atom stereocenters. The van der Waals surface area contributed by atoms with E-state index in [0.717, 1.165) is 4.90 Å². The van der Waals surface area contributed by atoms with Crippen LogP contribution in [0.4, 0.5) is 26.3 Å². The molecule has 1 saturated heterocycles. The Morgan fingerprint density at radius 2 is 1.62 bits per heavy atom. The van der Waals surface area contributed by atoms with Crippen LogP contribution in [-0.4, -0.2) is 37.3 Å². The summed E-state index contributed by atoms with van der Waals surface area (Å²) in [6.07, 6.45) is -4.82. The molecular weight excluding hydrogens is 322 g/mol. The maximum absolute atomic E-state index is 13.6. The van der Waals surface area contributed by atoms with Gasteiger partial charge in [-0.25, -0.2) is 13.2 Å². The first-order valence-corrected chi connectivity index (χ1v) is 5.96. The Bertz CT molecular complexity index is 487. The van der Waals surface area contributed by atoms with Gasteiger partial charge < -0.3 is 5.32 Å². The third-order valence-corrected chi connectivity index (χ3v) is 3.14. The number of benzene rings is 1. The summed E-state index contributed by atoms with van der Waals surface area (Å²) < 4.78 is 79.4. The third kappa shape index (κ3) is 4.02. The Morgan fingerprint density at radius 1 is 1.05 bits per heavy atom. The van der Waals surface area contributed by atoms with Gasteiger partial charge in [-0.2, -0.15) is 13.2 Å². The fourth-order valence-electron chi connectivity index (χ4n) is 2.30. The summed E-state index contributed by atoms with van der Waals surface area (Å²) in [7, 11) is 0. The van der Waals surface area contributed by atoms with Crippen molar-refractivity contribution >= 4 is 12.4 Å². The molecule has 0 aromatic heterocycles. The van der Waals surface area contributed by atoms with Crippen molar-refractivity contribution in [2.24, 2.45) is 0 Å². The van der Waals surface area contributed by atoms with Crippen molar-refractivity contribution in [1.82, 2.24) is 10.2 Å². The van der Waals surface area contributed by atoms with E-state index in [1.54, 1.807) is 0 Å². The number of nitrogens with zero attached hydrogens (tertiary/aromatic N) is 1. The lowest BCUT2D eigenvalue weighted by atomic mass is 10.0. The fraction of sp³-hybridized carbons (Fsp3) is 0.500. The first-order valence-electron chi connectivity index (χ1n) is 5.96. The Labute approximate surface area is 123 Å². The van der Waals surface area contributed by atoms with Crippen LogP contribution >= 0.6 is 12.4 Å². The quantitative estimate of drug-likeness (QED) is 0.660. The molecule has 2 rings (SSSR count). The second-order valence-electron chi connectivity index (χ2n) is 4.52. The lowest BCUT2D eigenvalue weighted by molar-refractivity contribution is -0.188. The Kier molecular flexibility index (Phi) is 5.89. The molecule has 1 fully saturated rings. The molecule has 0 spiro atoms. The van der Waals surface area contributed by atoms with Crippen molar-refractivity contribution in [1.29, 1.82) is 0 Å². The van der Waals surface area contributed by atoms with Gasteiger partial charge in [0.15, 0.2) is 11.6 Å². The van der Waals surface area contributed by atoms with E-state index in [0.29, 0.717) is 19.2 Å². The zero-order chi connectivity index (χ0) is 14.9. The number of nitrogens with one attached hydrogen (secondary N) is 1. The normalized spacial score (nSPS) is 18.2. The molecule has 1 aromatic rings. The second-order valence-corrected chi connectivity index (χ2v) is 4.52. The van der Waals surface area contributed by atoms with Gasteiger partial charge in [-0.3, -0.25) is 4.90 Å². The molecule has 0 bridgehead atoms. The van der Waals surface area contributed by atoms with E-state index < -0.39 is 35.2 Å². The summed E-state index contributed by atoms with van der Waals surface area (Å²) in [5, 5.41) is 2.86. The van der Waals surface area contributed by atoms with Gasteiger partial charge in [0, 0.05) is 37.8 Å². The van der Waals surface area contributed by atoms with Gasteiger partial charge in [-0.15, -0.1) is 12.4 Å². The van der Waals surface area contributed by atoms with Crippen LogP contribution in [-0.2, 0) is 0 Å². The first kappa shape index (κ1) is 18.1. The number of alkyl halides is 3. The van der Waals surface area contributed by atoms with Crippen LogP contribution in [0.15, 0.2) is 12.1 Å². The molecule has 1 aromatic carbocycles. The molecule has 1 heterocycles. The van der Waals surface area contributed by atoms with Crippen LogP contribution in [0.3, 0.4) is 0 Å². The molecular formula is C12H13ClF6N2. The van der Waals surface area contributed by atoms with Crippen LogP contribution in [0.2, 0.25) is 0 Å². The lowest BCUT2D eigenvalue weighted by Crippen LogP contribution is -2.49. The number of rotatable bonds is 2. The van der Waals surface area contributed by atoms with Gasteiger partial charge in [0.1, 0.15) is 11.9 Å². The number of halogens is 7. The fourth-order valence-corrected chi connectivity index (χ4v) is 2.30. The van der Waals surface area contributed by atoms with Gasteiger partial charge in [0.25, 0.3) is 0 Å². The van der Waals surface area contributed by atoms with Gasteiger partial charge in [0.05, 0.1) is 0 Å². The van der Waals surface area contributed by atoms with Gasteiger partial charge in [-0.1, -0.05) is 0 Å². The first-order chi connectivity index (χ1) is 9.30. The molecule has 0 amide bonds. The van der Waals surface area contributed by atoms with E-state index in [4.69, 9.17) is 0 Å². The molecule has 0 aliphatic carbocycles. The molecule has 9 heteroatoms. The van der Waals surface area contributed by atoms with Crippen molar-refractivity contribution < 1.29 is 26.3 Å². The van der Waals surface area contributed by atoms with Crippen LogP contribution in [0, 0.1) is 17.5 Å². The van der Waals surface area contributed by atoms with E-state index in [-0.39, 0.29) is 31.6 Å². The third-order valence-electron chi connectivity index (χ3n) is 3.14. The number of hydrogen-bond donors (Lipinski definition) is 1.